The molecule has 136 valence electrons. The summed E-state index contributed by atoms with van der Waals surface area (Å²) in [6, 6.07) is -2.65. The summed E-state index contributed by atoms with van der Waals surface area (Å²) in [5.74, 6) is -0.434. The highest BCUT2D eigenvalue weighted by Gasteiger charge is 2.51. The normalized spacial score (nSPS) is 24.3. The third kappa shape index (κ3) is 4.33. The minimum absolute atomic E-state index is 0.0428. The van der Waals surface area contributed by atoms with Gasteiger partial charge in [-0.15, -0.1) is 4.28 Å². The van der Waals surface area contributed by atoms with E-state index in [4.69, 9.17) is 9.29 Å². The molecule has 2 atom stereocenters. The molecule has 0 aromatic heterocycles. The van der Waals surface area contributed by atoms with Crippen LogP contribution in [0.15, 0.2) is 0 Å². The molecule has 3 amide bonds. The Morgan fingerprint density at radius 3 is 2.54 bits per heavy atom. The van der Waals surface area contributed by atoms with E-state index in [-0.39, 0.29) is 19.5 Å². The summed E-state index contributed by atoms with van der Waals surface area (Å²) in [5.41, 5.74) is -0.693. The number of Topliss-reactive ketones (excluding diaryl/α,β-unsaturated/α-hetero) is 1. The van der Waals surface area contributed by atoms with E-state index < -0.39 is 46.0 Å². The number of piperidine rings is 1. The molecule has 0 aromatic carbocycles. The number of urea groups is 1. The summed E-state index contributed by atoms with van der Waals surface area (Å²) >= 11 is 0. The average Bonchev–Trinajstić information content (AvgIpc) is 2.65. The maximum atomic E-state index is 12.1. The van der Waals surface area contributed by atoms with E-state index in [0.717, 1.165) is 0 Å². The summed E-state index contributed by atoms with van der Waals surface area (Å²) in [5, 5.41) is 2.80. The van der Waals surface area contributed by atoms with Gasteiger partial charge in [-0.1, -0.05) is 0 Å². The van der Waals surface area contributed by atoms with Crippen LogP contribution in [0, 0.1) is 0 Å². The molecule has 0 unspecified atom stereocenters. The molecule has 2 heterocycles. The van der Waals surface area contributed by atoms with Gasteiger partial charge in [0.05, 0.1) is 12.6 Å². The summed E-state index contributed by atoms with van der Waals surface area (Å²) in [4.78, 5) is 37.1. The molecule has 0 saturated carbocycles. The van der Waals surface area contributed by atoms with Gasteiger partial charge >= 0.3 is 22.5 Å². The Morgan fingerprint density at radius 1 is 1.38 bits per heavy atom. The number of rotatable bonds is 4. The van der Waals surface area contributed by atoms with Gasteiger partial charge in [0.1, 0.15) is 11.6 Å². The number of alkyl carbamates (subject to hydrolysis) is 1. The van der Waals surface area contributed by atoms with Gasteiger partial charge < -0.3 is 15.0 Å². The van der Waals surface area contributed by atoms with Crippen molar-refractivity contribution in [3.63, 3.8) is 0 Å². The topological polar surface area (TPSA) is 143 Å². The third-order valence-corrected chi connectivity index (χ3v) is 3.74. The highest BCUT2D eigenvalue weighted by atomic mass is 32.3. The largest absolute Gasteiger partial charge is 0.444 e. The van der Waals surface area contributed by atoms with E-state index in [9.17, 15) is 22.8 Å². The van der Waals surface area contributed by atoms with Crippen LogP contribution in [0.4, 0.5) is 9.59 Å². The van der Waals surface area contributed by atoms with E-state index in [1.807, 2.05) is 0 Å². The predicted molar refractivity (Wildman–Crippen MR) is 78.0 cm³/mol. The monoisotopic (exact) mass is 365 g/mol. The van der Waals surface area contributed by atoms with E-state index in [2.05, 4.69) is 9.60 Å². The van der Waals surface area contributed by atoms with Crippen molar-refractivity contribution < 1.29 is 36.4 Å². The van der Waals surface area contributed by atoms with Gasteiger partial charge in [-0.3, -0.25) is 9.35 Å². The van der Waals surface area contributed by atoms with Crippen molar-refractivity contribution in [1.29, 1.82) is 0 Å². The molecule has 2 aliphatic rings. The number of hydrogen-bond donors (Lipinski definition) is 2. The van der Waals surface area contributed by atoms with Crippen molar-refractivity contribution in [2.24, 2.45) is 0 Å². The maximum Gasteiger partial charge on any atom is 0.418 e. The quantitative estimate of drug-likeness (QED) is 0.646. The molecule has 2 saturated heterocycles. The second kappa shape index (κ2) is 6.18. The van der Waals surface area contributed by atoms with Crippen molar-refractivity contribution in [2.45, 2.75) is 44.9 Å². The number of hydrogen-bond acceptors (Lipinski definition) is 7. The van der Waals surface area contributed by atoms with Crippen LogP contribution >= 0.6 is 0 Å². The predicted octanol–water partition coefficient (Wildman–Crippen LogP) is -0.307. The van der Waals surface area contributed by atoms with Gasteiger partial charge in [-0.2, -0.15) is 13.5 Å². The van der Waals surface area contributed by atoms with Crippen molar-refractivity contribution in [3.05, 3.63) is 0 Å². The fourth-order valence-electron chi connectivity index (χ4n) is 2.50. The molecule has 2 aliphatic heterocycles. The van der Waals surface area contributed by atoms with Crippen molar-refractivity contribution in [3.8, 4) is 0 Å². The van der Waals surface area contributed by atoms with Gasteiger partial charge in [0.2, 0.25) is 0 Å². The third-order valence-electron chi connectivity index (χ3n) is 3.39. The Balaban J connectivity index is 2.02. The maximum absolute atomic E-state index is 12.1. The molecule has 2 N–H and O–H groups in total. The number of fused-ring (bicyclic) bond motifs is 2. The molecule has 0 aliphatic carbocycles. The molecule has 24 heavy (non-hydrogen) atoms. The van der Waals surface area contributed by atoms with Gasteiger partial charge in [-0.25, -0.2) is 9.59 Å². The number of hydroxylamine groups is 2. The second-order valence-corrected chi connectivity index (χ2v) is 7.49. The standard InChI is InChI=1S/C12H19N3O8S/c1-12(2,3)22-10(17)13-5-7-4-9(16)8-6-14(7)11(18)15(8)23-24(19,20)21/h7-8H,4-6H2,1-3H3,(H,13,17)(H,19,20,21)/t7-,8-/m0/s1. The molecule has 0 aromatic rings. The number of ether oxygens (including phenoxy) is 1. The zero-order chi connectivity index (χ0) is 18.3. The highest BCUT2D eigenvalue weighted by Crippen LogP contribution is 2.28. The van der Waals surface area contributed by atoms with Crippen molar-refractivity contribution in [1.82, 2.24) is 15.3 Å². The van der Waals surface area contributed by atoms with Crippen LogP contribution in [0.3, 0.4) is 0 Å². The Labute approximate surface area is 138 Å². The molecule has 2 rings (SSSR count). The smallest absolute Gasteiger partial charge is 0.418 e. The zero-order valence-electron chi connectivity index (χ0n) is 13.4. The number of nitrogens with zero attached hydrogens (tertiary/aromatic N) is 2. The Hall–Kier alpha value is -1.92. The number of carbonyl (C=O) groups is 3. The number of amides is 3. The Kier molecular flexibility index (Phi) is 4.74. The van der Waals surface area contributed by atoms with Crippen LogP contribution < -0.4 is 5.32 Å². The fraction of sp³-hybridized carbons (Fsp3) is 0.750. The Morgan fingerprint density at radius 2 is 2.00 bits per heavy atom. The van der Waals surface area contributed by atoms with E-state index in [1.54, 1.807) is 20.8 Å². The summed E-state index contributed by atoms with van der Waals surface area (Å²) in [7, 11) is -4.93. The number of nitrogens with one attached hydrogen (secondary N) is 1. The molecule has 0 spiro atoms. The minimum atomic E-state index is -4.93. The highest BCUT2D eigenvalue weighted by molar-refractivity contribution is 7.80. The van der Waals surface area contributed by atoms with Gasteiger partial charge in [0.25, 0.3) is 0 Å². The van der Waals surface area contributed by atoms with Crippen molar-refractivity contribution in [2.75, 3.05) is 13.1 Å². The average molecular weight is 365 g/mol. The van der Waals surface area contributed by atoms with Crippen LogP contribution in [0.2, 0.25) is 0 Å². The first-order chi connectivity index (χ1) is 10.9. The molecule has 2 bridgehead atoms. The molecule has 11 nitrogen and oxygen atoms in total. The van der Waals surface area contributed by atoms with Crippen LogP contribution in [0.25, 0.3) is 0 Å². The summed E-state index contributed by atoms with van der Waals surface area (Å²) in [6.07, 6.45) is -0.785. The zero-order valence-corrected chi connectivity index (χ0v) is 14.2. The van der Waals surface area contributed by atoms with Gasteiger partial charge in [0, 0.05) is 13.0 Å². The molecule has 12 heteroatoms. The van der Waals surface area contributed by atoms with E-state index in [1.165, 1.54) is 4.90 Å². The SMILES string of the molecule is CC(C)(C)OC(=O)NC[C@@H]1CC(=O)[C@@H]2CN1C(=O)N2OS(=O)(=O)O. The van der Waals surface area contributed by atoms with Crippen LogP contribution in [0.5, 0.6) is 0 Å². The lowest BCUT2D eigenvalue weighted by Gasteiger charge is -2.30. The van der Waals surface area contributed by atoms with Crippen LogP contribution in [-0.2, 0) is 24.2 Å². The first kappa shape index (κ1) is 18.4. The van der Waals surface area contributed by atoms with Gasteiger partial charge in [-0.05, 0) is 20.8 Å². The number of carbonyl (C=O) groups excluding carboxylic acids is 3. The first-order valence-electron chi connectivity index (χ1n) is 7.14. The number of ketones is 1. The van der Waals surface area contributed by atoms with Crippen molar-refractivity contribution >= 4 is 28.3 Å². The molecule has 2 fully saturated rings. The van der Waals surface area contributed by atoms with E-state index >= 15 is 0 Å². The molecule has 0 radical (unpaired) electrons. The van der Waals surface area contributed by atoms with Gasteiger partial charge in [0.15, 0.2) is 5.78 Å². The fourth-order valence-corrected chi connectivity index (χ4v) is 2.87. The summed E-state index contributed by atoms with van der Waals surface area (Å²) in [6.45, 7) is 4.94. The molecular weight excluding hydrogens is 346 g/mol. The van der Waals surface area contributed by atoms with Crippen LogP contribution in [-0.4, -0.2) is 71.6 Å². The van der Waals surface area contributed by atoms with Crippen LogP contribution in [0.1, 0.15) is 27.2 Å². The first-order valence-corrected chi connectivity index (χ1v) is 8.50. The lowest BCUT2D eigenvalue weighted by Crippen LogP contribution is -2.50. The minimum Gasteiger partial charge on any atom is -0.444 e. The lowest BCUT2D eigenvalue weighted by atomic mass is 9.99. The second-order valence-electron chi connectivity index (χ2n) is 6.49. The molecular formula is C12H19N3O8S. The lowest BCUT2D eigenvalue weighted by molar-refractivity contribution is -0.131. The summed E-state index contributed by atoms with van der Waals surface area (Å²) < 4.78 is 39.5. The Bertz CT molecular complexity index is 656. The van der Waals surface area contributed by atoms with E-state index in [0.29, 0.717) is 5.06 Å².